The van der Waals surface area contributed by atoms with Crippen LogP contribution in [0, 0.1) is 11.8 Å². The molecule has 0 spiro atoms. The lowest BCUT2D eigenvalue weighted by Crippen LogP contribution is -2.45. The minimum absolute atomic E-state index is 0.191. The molecule has 0 heterocycles. The number of likely N-dealkylation sites (N-methyl/N-ethyl adjacent to an activating group) is 1. The molecule has 0 bridgehead atoms. The van der Waals surface area contributed by atoms with E-state index in [0.29, 0.717) is 5.92 Å². The molecule has 0 saturated heterocycles. The summed E-state index contributed by atoms with van der Waals surface area (Å²) in [4.78, 5) is 2.31. The summed E-state index contributed by atoms with van der Waals surface area (Å²) in [5, 5.41) is 10.3. The fraction of sp³-hybridized carbons (Fsp3) is 0.667. The molecule has 0 radical (unpaired) electrons. The van der Waals surface area contributed by atoms with Crippen molar-refractivity contribution in [3.8, 4) is 5.75 Å². The van der Waals surface area contributed by atoms with E-state index in [1.807, 2.05) is 12.1 Å². The Bertz CT molecular complexity index is 429. The zero-order valence-corrected chi connectivity index (χ0v) is 13.7. The molecule has 1 aliphatic carbocycles. The van der Waals surface area contributed by atoms with Crippen molar-refractivity contribution in [1.82, 2.24) is 4.90 Å². The molecule has 3 nitrogen and oxygen atoms in total. The van der Waals surface area contributed by atoms with Crippen LogP contribution in [0.1, 0.15) is 38.7 Å². The van der Waals surface area contributed by atoms with Crippen molar-refractivity contribution in [2.45, 2.75) is 51.8 Å². The molecule has 1 aromatic rings. The van der Waals surface area contributed by atoms with Crippen LogP contribution in [0.25, 0.3) is 0 Å². The third-order valence-electron chi connectivity index (χ3n) is 4.92. The first-order valence-electron chi connectivity index (χ1n) is 8.02. The van der Waals surface area contributed by atoms with Crippen LogP contribution in [0.2, 0.25) is 0 Å². The van der Waals surface area contributed by atoms with Crippen molar-refractivity contribution in [2.24, 2.45) is 11.8 Å². The standard InChI is InChI=1S/C18H29NO2/c1-13(2)15-7-10-18(20)17(11-15)19(3)12-14-5-8-16(21-4)9-6-14/h5-6,8-9,13,15,17-18,20H,7,10-12H2,1-4H3. The number of nitrogens with zero attached hydrogens (tertiary/aromatic N) is 1. The fourth-order valence-corrected chi connectivity index (χ4v) is 3.38. The molecule has 1 aliphatic rings. The molecular formula is C18H29NO2. The zero-order valence-electron chi connectivity index (χ0n) is 13.7. The fourth-order valence-electron chi connectivity index (χ4n) is 3.38. The number of hydrogen-bond donors (Lipinski definition) is 1. The van der Waals surface area contributed by atoms with E-state index in [2.05, 4.69) is 37.9 Å². The van der Waals surface area contributed by atoms with E-state index in [9.17, 15) is 5.11 Å². The molecule has 3 atom stereocenters. The summed E-state index contributed by atoms with van der Waals surface area (Å²) < 4.78 is 5.19. The number of ether oxygens (including phenoxy) is 1. The molecule has 1 saturated carbocycles. The molecule has 0 aliphatic heterocycles. The highest BCUT2D eigenvalue weighted by atomic mass is 16.5. The predicted octanol–water partition coefficient (Wildman–Crippen LogP) is 3.31. The average molecular weight is 291 g/mol. The minimum atomic E-state index is -0.191. The van der Waals surface area contributed by atoms with Crippen molar-refractivity contribution >= 4 is 0 Å². The maximum absolute atomic E-state index is 10.3. The van der Waals surface area contributed by atoms with Crippen LogP contribution >= 0.6 is 0 Å². The lowest BCUT2D eigenvalue weighted by Gasteiger charge is -2.40. The van der Waals surface area contributed by atoms with Gasteiger partial charge < -0.3 is 9.84 Å². The van der Waals surface area contributed by atoms with Gasteiger partial charge in [-0.05, 0) is 55.8 Å². The van der Waals surface area contributed by atoms with Crippen LogP contribution in [-0.4, -0.2) is 36.3 Å². The third-order valence-corrected chi connectivity index (χ3v) is 4.92. The Labute approximate surface area is 128 Å². The second kappa shape index (κ2) is 7.28. The molecule has 3 heteroatoms. The molecule has 118 valence electrons. The summed E-state index contributed by atoms with van der Waals surface area (Å²) >= 11 is 0. The Balaban J connectivity index is 1.98. The van der Waals surface area contributed by atoms with Gasteiger partial charge in [-0.15, -0.1) is 0 Å². The lowest BCUT2D eigenvalue weighted by molar-refractivity contribution is 0.00314. The highest BCUT2D eigenvalue weighted by molar-refractivity contribution is 5.27. The van der Waals surface area contributed by atoms with Crippen molar-refractivity contribution in [1.29, 1.82) is 0 Å². The molecule has 21 heavy (non-hydrogen) atoms. The second-order valence-electron chi connectivity index (χ2n) is 6.72. The van der Waals surface area contributed by atoms with E-state index in [4.69, 9.17) is 4.74 Å². The van der Waals surface area contributed by atoms with Crippen LogP contribution in [0.4, 0.5) is 0 Å². The van der Waals surface area contributed by atoms with E-state index >= 15 is 0 Å². The Morgan fingerprint density at radius 1 is 1.24 bits per heavy atom. The molecule has 0 amide bonds. The van der Waals surface area contributed by atoms with Gasteiger partial charge in [0.15, 0.2) is 0 Å². The Kier molecular flexibility index (Phi) is 5.65. The van der Waals surface area contributed by atoms with Crippen LogP contribution in [0.15, 0.2) is 24.3 Å². The Morgan fingerprint density at radius 2 is 1.90 bits per heavy atom. The quantitative estimate of drug-likeness (QED) is 0.903. The largest absolute Gasteiger partial charge is 0.497 e. The summed E-state index contributed by atoms with van der Waals surface area (Å²) in [6.45, 7) is 5.46. The molecule has 1 aromatic carbocycles. The molecular weight excluding hydrogens is 262 g/mol. The monoisotopic (exact) mass is 291 g/mol. The van der Waals surface area contributed by atoms with Gasteiger partial charge in [0.1, 0.15) is 5.75 Å². The highest BCUT2D eigenvalue weighted by Gasteiger charge is 2.32. The van der Waals surface area contributed by atoms with Crippen LogP contribution in [0.5, 0.6) is 5.75 Å². The van der Waals surface area contributed by atoms with Gasteiger partial charge in [0, 0.05) is 12.6 Å². The number of benzene rings is 1. The number of aliphatic hydroxyl groups is 1. The zero-order chi connectivity index (χ0) is 15.4. The van der Waals surface area contributed by atoms with Gasteiger partial charge in [-0.2, -0.15) is 0 Å². The Hall–Kier alpha value is -1.06. The number of methoxy groups -OCH3 is 1. The van der Waals surface area contributed by atoms with E-state index in [-0.39, 0.29) is 12.1 Å². The third kappa shape index (κ3) is 4.21. The normalized spacial score (nSPS) is 26.3. The van der Waals surface area contributed by atoms with Crippen molar-refractivity contribution in [3.05, 3.63) is 29.8 Å². The summed E-state index contributed by atoms with van der Waals surface area (Å²) in [7, 11) is 3.81. The van der Waals surface area contributed by atoms with Crippen LogP contribution in [0.3, 0.4) is 0 Å². The first-order valence-corrected chi connectivity index (χ1v) is 8.02. The predicted molar refractivity (Wildman–Crippen MR) is 86.4 cm³/mol. The summed E-state index contributed by atoms with van der Waals surface area (Å²) in [6.07, 6.45) is 3.00. The van der Waals surface area contributed by atoms with Gasteiger partial charge in [-0.3, -0.25) is 4.90 Å². The molecule has 0 aromatic heterocycles. The van der Waals surface area contributed by atoms with Gasteiger partial charge in [0.25, 0.3) is 0 Å². The van der Waals surface area contributed by atoms with E-state index in [1.165, 1.54) is 5.56 Å². The number of rotatable bonds is 5. The summed E-state index contributed by atoms with van der Waals surface area (Å²) in [5.74, 6) is 2.32. The summed E-state index contributed by atoms with van der Waals surface area (Å²) in [5.41, 5.74) is 1.26. The second-order valence-corrected chi connectivity index (χ2v) is 6.72. The van der Waals surface area contributed by atoms with E-state index in [1.54, 1.807) is 7.11 Å². The van der Waals surface area contributed by atoms with Gasteiger partial charge in [-0.25, -0.2) is 0 Å². The van der Waals surface area contributed by atoms with Gasteiger partial charge in [0.2, 0.25) is 0 Å². The molecule has 2 rings (SSSR count). The molecule has 3 unspecified atom stereocenters. The number of hydrogen-bond acceptors (Lipinski definition) is 3. The first-order chi connectivity index (χ1) is 10.0. The maximum atomic E-state index is 10.3. The summed E-state index contributed by atoms with van der Waals surface area (Å²) in [6, 6.07) is 8.47. The smallest absolute Gasteiger partial charge is 0.118 e. The van der Waals surface area contributed by atoms with Crippen LogP contribution < -0.4 is 4.74 Å². The van der Waals surface area contributed by atoms with Crippen molar-refractivity contribution in [2.75, 3.05) is 14.2 Å². The Morgan fingerprint density at radius 3 is 2.48 bits per heavy atom. The van der Waals surface area contributed by atoms with Gasteiger partial charge in [0.05, 0.1) is 13.2 Å². The van der Waals surface area contributed by atoms with E-state index < -0.39 is 0 Å². The SMILES string of the molecule is COc1ccc(CN(C)C2CC(C(C)C)CCC2O)cc1. The highest BCUT2D eigenvalue weighted by Crippen LogP contribution is 2.32. The minimum Gasteiger partial charge on any atom is -0.497 e. The average Bonchev–Trinajstić information content (AvgIpc) is 2.48. The lowest BCUT2D eigenvalue weighted by atomic mass is 9.77. The topological polar surface area (TPSA) is 32.7 Å². The van der Waals surface area contributed by atoms with Gasteiger partial charge >= 0.3 is 0 Å². The molecule has 1 N–H and O–H groups in total. The van der Waals surface area contributed by atoms with Gasteiger partial charge in [-0.1, -0.05) is 26.0 Å². The number of aliphatic hydroxyl groups excluding tert-OH is 1. The first kappa shape index (κ1) is 16.3. The maximum Gasteiger partial charge on any atom is 0.118 e. The van der Waals surface area contributed by atoms with Crippen LogP contribution in [-0.2, 0) is 6.54 Å². The van der Waals surface area contributed by atoms with E-state index in [0.717, 1.165) is 37.5 Å². The molecule has 1 fully saturated rings. The van der Waals surface area contributed by atoms with Crippen molar-refractivity contribution in [3.63, 3.8) is 0 Å². The van der Waals surface area contributed by atoms with Crippen molar-refractivity contribution < 1.29 is 9.84 Å².